The van der Waals surface area contributed by atoms with Crippen LogP contribution in [0.2, 0.25) is 0 Å². The van der Waals surface area contributed by atoms with Crippen molar-refractivity contribution in [3.8, 4) is 0 Å². The van der Waals surface area contributed by atoms with E-state index in [1.165, 1.54) is 4.90 Å². The maximum atomic E-state index is 13.1. The molecule has 1 aromatic rings. The van der Waals surface area contributed by atoms with Crippen molar-refractivity contribution in [3.63, 3.8) is 0 Å². The summed E-state index contributed by atoms with van der Waals surface area (Å²) in [5.74, 6) is -1.26. The predicted octanol–water partition coefficient (Wildman–Crippen LogP) is 2.71. The van der Waals surface area contributed by atoms with Crippen LogP contribution in [0.15, 0.2) is 30.3 Å². The van der Waals surface area contributed by atoms with E-state index < -0.39 is 33.4 Å². The Labute approximate surface area is 247 Å². The molecule has 2 N–H and O–H groups in total. The SMILES string of the molecule is CC12CC1N1C(=O)C(CC(Cl)(Cl)Cl)(NC(=O)C(OC=O)c3ccccc3)[C@@H]1S2.O=C(O)C1CS[C@H]2CC(=O)N12. The fraction of sp³-hybridized carbons (Fsp3) is 0.542. The zero-order valence-corrected chi connectivity index (χ0v) is 24.3. The Morgan fingerprint density at radius 2 is 1.95 bits per heavy atom. The van der Waals surface area contributed by atoms with Crippen LogP contribution in [0.25, 0.3) is 0 Å². The van der Waals surface area contributed by atoms with Gasteiger partial charge in [-0.3, -0.25) is 19.2 Å². The lowest BCUT2D eigenvalue weighted by atomic mass is 9.84. The van der Waals surface area contributed by atoms with Crippen LogP contribution in [0.5, 0.6) is 0 Å². The Balaban J connectivity index is 0.000000233. The van der Waals surface area contributed by atoms with E-state index in [2.05, 4.69) is 12.2 Å². The van der Waals surface area contributed by atoms with Crippen LogP contribution in [0.1, 0.15) is 37.9 Å². The summed E-state index contributed by atoms with van der Waals surface area (Å²) in [4.78, 5) is 61.7. The van der Waals surface area contributed by atoms with E-state index in [-0.39, 0.29) is 46.2 Å². The summed E-state index contributed by atoms with van der Waals surface area (Å²) in [6.07, 6.45) is 0.0614. The number of nitrogens with one attached hydrogen (secondary N) is 1. The Morgan fingerprint density at radius 1 is 1.26 bits per heavy atom. The van der Waals surface area contributed by atoms with Crippen molar-refractivity contribution < 1.29 is 33.8 Å². The first-order valence-electron chi connectivity index (χ1n) is 12.0. The monoisotopic (exact) mass is 635 g/mol. The third kappa shape index (κ3) is 5.07. The topological polar surface area (TPSA) is 133 Å². The minimum absolute atomic E-state index is 0.0209. The van der Waals surface area contributed by atoms with Gasteiger partial charge in [0.05, 0.1) is 11.8 Å². The molecule has 4 saturated heterocycles. The Bertz CT molecular complexity index is 1210. The number of carbonyl (C=O) groups is 5. The molecule has 0 bridgehead atoms. The summed E-state index contributed by atoms with van der Waals surface area (Å²) in [5, 5.41) is 11.2. The van der Waals surface area contributed by atoms with E-state index in [1.807, 2.05) is 0 Å². The molecule has 3 amide bonds. The number of thioether (sulfide) groups is 2. The zero-order valence-electron chi connectivity index (χ0n) is 20.4. The minimum Gasteiger partial charge on any atom is -0.480 e. The number of carbonyl (C=O) groups excluding carboxylic acids is 4. The number of alkyl halides is 3. The van der Waals surface area contributed by atoms with Crippen LogP contribution in [0.3, 0.4) is 0 Å². The molecule has 15 heteroatoms. The van der Waals surface area contributed by atoms with E-state index >= 15 is 0 Å². The number of β-lactam (4-membered cyclic amide) rings is 2. The Hall–Kier alpha value is -1.86. The first kappa shape index (κ1) is 28.7. The molecule has 1 aliphatic carbocycles. The fourth-order valence-corrected chi connectivity index (χ4v) is 9.32. The molecule has 5 unspecified atom stereocenters. The highest BCUT2D eigenvalue weighted by Gasteiger charge is 2.77. The number of hydrogen-bond acceptors (Lipinski definition) is 8. The highest BCUT2D eigenvalue weighted by atomic mass is 35.6. The van der Waals surface area contributed by atoms with Crippen molar-refractivity contribution in [3.05, 3.63) is 35.9 Å². The quantitative estimate of drug-likeness (QED) is 0.263. The van der Waals surface area contributed by atoms with Gasteiger partial charge in [-0.05, 0) is 13.3 Å². The van der Waals surface area contributed by atoms with Gasteiger partial charge in [0.1, 0.15) is 11.4 Å². The number of aliphatic carboxylic acids is 1. The average Bonchev–Trinajstić information content (AvgIpc) is 3.24. The molecule has 1 saturated carbocycles. The van der Waals surface area contributed by atoms with E-state index in [9.17, 15) is 24.0 Å². The van der Waals surface area contributed by atoms with Crippen molar-refractivity contribution in [1.82, 2.24) is 15.1 Å². The number of fused-ring (bicyclic) bond motifs is 4. The number of ether oxygens (including phenoxy) is 1. The minimum atomic E-state index is -1.74. The number of amides is 3. The van der Waals surface area contributed by atoms with Gasteiger partial charge in [0, 0.05) is 28.5 Å². The third-order valence-electron chi connectivity index (χ3n) is 7.52. The largest absolute Gasteiger partial charge is 0.480 e. The van der Waals surface area contributed by atoms with Crippen molar-refractivity contribution in [2.45, 2.75) is 69.2 Å². The van der Waals surface area contributed by atoms with Crippen molar-refractivity contribution in [2.24, 2.45) is 0 Å². The maximum absolute atomic E-state index is 13.1. The second kappa shape index (κ2) is 10.2. The third-order valence-corrected chi connectivity index (χ3v) is 11.0. The van der Waals surface area contributed by atoms with E-state index in [1.54, 1.807) is 58.8 Å². The summed E-state index contributed by atoms with van der Waals surface area (Å²) in [6.45, 7) is 2.28. The number of carboxylic acids is 1. The van der Waals surface area contributed by atoms with Gasteiger partial charge >= 0.3 is 5.97 Å². The number of halogens is 3. The summed E-state index contributed by atoms with van der Waals surface area (Å²) < 4.78 is 3.24. The molecule has 4 heterocycles. The van der Waals surface area contributed by atoms with Gasteiger partial charge in [0.15, 0.2) is 9.33 Å². The van der Waals surface area contributed by atoms with Gasteiger partial charge in [-0.1, -0.05) is 65.1 Å². The van der Waals surface area contributed by atoms with E-state index in [0.717, 1.165) is 6.42 Å². The Kier molecular flexibility index (Phi) is 7.50. The molecule has 0 aromatic heterocycles. The summed E-state index contributed by atoms with van der Waals surface area (Å²) in [7, 11) is 0. The normalized spacial score (nSPS) is 34.3. The molecule has 39 heavy (non-hydrogen) atoms. The van der Waals surface area contributed by atoms with Gasteiger partial charge in [-0.25, -0.2) is 4.79 Å². The van der Waals surface area contributed by atoms with Crippen LogP contribution in [-0.2, 0) is 28.7 Å². The molecule has 5 fully saturated rings. The molecular formula is C24H24Cl3N3O7S2. The average molecular weight is 637 g/mol. The smallest absolute Gasteiger partial charge is 0.327 e. The molecule has 0 radical (unpaired) electrons. The maximum Gasteiger partial charge on any atom is 0.327 e. The molecule has 7 atom stereocenters. The molecule has 5 aliphatic rings. The van der Waals surface area contributed by atoms with Crippen LogP contribution in [0, 0.1) is 0 Å². The van der Waals surface area contributed by atoms with Crippen LogP contribution < -0.4 is 5.32 Å². The number of rotatable bonds is 7. The van der Waals surface area contributed by atoms with Crippen LogP contribution in [0.4, 0.5) is 0 Å². The molecule has 4 aliphatic heterocycles. The number of benzene rings is 1. The number of hydrogen-bond donors (Lipinski definition) is 2. The van der Waals surface area contributed by atoms with Crippen LogP contribution >= 0.6 is 58.3 Å². The first-order chi connectivity index (χ1) is 18.3. The van der Waals surface area contributed by atoms with Gasteiger partial charge in [-0.2, -0.15) is 0 Å². The molecule has 6 rings (SSSR count). The summed E-state index contributed by atoms with van der Waals surface area (Å²) in [5.41, 5.74) is -0.878. The lowest BCUT2D eigenvalue weighted by Crippen LogP contribution is -2.79. The first-order valence-corrected chi connectivity index (χ1v) is 15.1. The van der Waals surface area contributed by atoms with E-state index in [4.69, 9.17) is 44.6 Å². The number of nitrogens with zero attached hydrogens (tertiary/aromatic N) is 2. The molecule has 210 valence electrons. The summed E-state index contributed by atoms with van der Waals surface area (Å²) >= 11 is 21.2. The van der Waals surface area contributed by atoms with Gasteiger partial charge in [0.2, 0.25) is 12.0 Å². The van der Waals surface area contributed by atoms with Crippen molar-refractivity contribution in [1.29, 1.82) is 0 Å². The fourth-order valence-electron chi connectivity index (χ4n) is 5.46. The second-order valence-corrected chi connectivity index (χ2v) is 15.5. The van der Waals surface area contributed by atoms with Gasteiger partial charge < -0.3 is 25.0 Å². The highest BCUT2D eigenvalue weighted by Crippen LogP contribution is 2.67. The Morgan fingerprint density at radius 3 is 2.51 bits per heavy atom. The molecular weight excluding hydrogens is 613 g/mol. The zero-order chi connectivity index (χ0) is 28.3. The molecule has 10 nitrogen and oxygen atoms in total. The lowest BCUT2D eigenvalue weighted by molar-refractivity contribution is -0.162. The standard InChI is InChI=1S/C18H17Cl3N2O4S.C6H7NO3S/c1-16-7-11(16)23-14(26)17(15(23)28-16,8-18(19,20)21)22-13(25)12(27-9-24)10-5-3-2-4-6-10;8-4-1-5-7(4)3(2-11-5)6(9)10/h2-6,9,11-12,15H,7-8H2,1H3,(H,22,25);3,5H,1-2H2,(H,9,10)/t11?,12?,15-,16?,17?;3?,5-/m00/s1. The van der Waals surface area contributed by atoms with Crippen LogP contribution in [-0.4, -0.2) is 87.7 Å². The molecule has 1 aromatic carbocycles. The van der Waals surface area contributed by atoms with Gasteiger partial charge in [-0.15, -0.1) is 23.5 Å². The van der Waals surface area contributed by atoms with Crippen molar-refractivity contribution in [2.75, 3.05) is 5.75 Å². The number of carboxylic acid groups (broad SMARTS) is 1. The van der Waals surface area contributed by atoms with Gasteiger partial charge in [0.25, 0.3) is 18.3 Å². The predicted molar refractivity (Wildman–Crippen MR) is 146 cm³/mol. The second-order valence-electron chi connectivity index (χ2n) is 10.1. The van der Waals surface area contributed by atoms with E-state index in [0.29, 0.717) is 17.7 Å². The van der Waals surface area contributed by atoms with Crippen molar-refractivity contribution >= 4 is 88.5 Å². The molecule has 0 spiro atoms. The summed E-state index contributed by atoms with van der Waals surface area (Å²) in [6, 6.07) is 8.11. The lowest BCUT2D eigenvalue weighted by Gasteiger charge is -2.54. The highest BCUT2D eigenvalue weighted by molar-refractivity contribution is 8.02.